The molecule has 0 bridgehead atoms. The Balaban J connectivity index is 3.37. The molecule has 90 valence electrons. The summed E-state index contributed by atoms with van der Waals surface area (Å²) in [7, 11) is 0. The Morgan fingerprint density at radius 3 is 2.25 bits per heavy atom. The second kappa shape index (κ2) is 4.28. The maximum Gasteiger partial charge on any atom is 0.436 e. The summed E-state index contributed by atoms with van der Waals surface area (Å²) in [6.45, 7) is -1.12. The average Bonchev–Trinajstić information content (AvgIpc) is 2.15. The van der Waals surface area contributed by atoms with Crippen molar-refractivity contribution in [1.82, 2.24) is 4.98 Å². The molecule has 0 aliphatic rings. The molecule has 0 aliphatic heterocycles. The van der Waals surface area contributed by atoms with E-state index in [0.717, 1.165) is 0 Å². The minimum atomic E-state index is -5.09. The third kappa shape index (κ3) is 2.43. The fourth-order valence-electron chi connectivity index (χ4n) is 1.06. The molecule has 16 heavy (non-hydrogen) atoms. The van der Waals surface area contributed by atoms with E-state index in [4.69, 9.17) is 5.11 Å². The second-order valence-corrected chi connectivity index (χ2v) is 2.81. The van der Waals surface area contributed by atoms with Crippen LogP contribution < -0.4 is 0 Å². The number of nitrogens with zero attached hydrogens (tertiary/aromatic N) is 1. The third-order valence-corrected chi connectivity index (χ3v) is 1.74. The number of aliphatic hydroxyl groups excluding tert-OH is 1. The van der Waals surface area contributed by atoms with Crippen LogP contribution in [0.1, 0.15) is 23.4 Å². The fraction of sp³-hybridized carbons (Fsp3) is 0.375. The van der Waals surface area contributed by atoms with E-state index in [2.05, 4.69) is 4.98 Å². The first-order valence-corrected chi connectivity index (χ1v) is 3.93. The van der Waals surface area contributed by atoms with Gasteiger partial charge in [-0.3, -0.25) is 0 Å². The number of pyridine rings is 1. The molecule has 0 aliphatic carbocycles. The number of aliphatic hydroxyl groups is 1. The Hall–Kier alpha value is -1.31. The van der Waals surface area contributed by atoms with Gasteiger partial charge in [0.25, 0.3) is 6.43 Å². The van der Waals surface area contributed by atoms with Crippen molar-refractivity contribution in [3.63, 3.8) is 0 Å². The zero-order chi connectivity index (χ0) is 12.5. The van der Waals surface area contributed by atoms with Gasteiger partial charge in [0.15, 0.2) is 11.5 Å². The molecule has 2 nitrogen and oxygen atoms in total. The van der Waals surface area contributed by atoms with Crippen molar-refractivity contribution in [3.8, 4) is 0 Å². The van der Waals surface area contributed by atoms with Gasteiger partial charge in [-0.1, -0.05) is 0 Å². The van der Waals surface area contributed by atoms with Crippen LogP contribution in [0.5, 0.6) is 0 Å². The zero-order valence-electron chi connectivity index (χ0n) is 7.52. The van der Waals surface area contributed by atoms with Gasteiger partial charge in [-0.25, -0.2) is 18.2 Å². The summed E-state index contributed by atoms with van der Waals surface area (Å²) in [5.41, 5.74) is -3.85. The van der Waals surface area contributed by atoms with E-state index in [1.807, 2.05) is 0 Å². The second-order valence-electron chi connectivity index (χ2n) is 2.81. The molecule has 1 rings (SSSR count). The van der Waals surface area contributed by atoms with E-state index in [1.165, 1.54) is 0 Å². The van der Waals surface area contributed by atoms with Gasteiger partial charge in [-0.2, -0.15) is 13.2 Å². The summed E-state index contributed by atoms with van der Waals surface area (Å²) in [6, 6.07) is 0.0338. The monoisotopic (exact) mass is 245 g/mol. The van der Waals surface area contributed by atoms with Crippen LogP contribution in [0.3, 0.4) is 0 Å². The van der Waals surface area contributed by atoms with Crippen LogP contribution in [0.4, 0.5) is 26.3 Å². The molecule has 0 aromatic carbocycles. The molecule has 1 N–H and O–H groups in total. The Bertz CT molecular complexity index is 389. The number of aromatic nitrogens is 1. The van der Waals surface area contributed by atoms with Crippen LogP contribution in [-0.4, -0.2) is 10.1 Å². The highest BCUT2D eigenvalue weighted by Crippen LogP contribution is 2.32. The van der Waals surface area contributed by atoms with E-state index >= 15 is 0 Å². The first kappa shape index (κ1) is 12.8. The number of rotatable bonds is 2. The molecule has 1 heterocycles. The van der Waals surface area contributed by atoms with Gasteiger partial charge in [0.1, 0.15) is 0 Å². The SMILES string of the molecule is OCc1nc(C(F)(F)F)c(F)cc1C(F)F. The summed E-state index contributed by atoms with van der Waals surface area (Å²) in [6.07, 6.45) is -8.29. The van der Waals surface area contributed by atoms with E-state index in [1.54, 1.807) is 0 Å². The largest absolute Gasteiger partial charge is 0.436 e. The first-order chi connectivity index (χ1) is 7.27. The Kier molecular flexibility index (Phi) is 3.41. The van der Waals surface area contributed by atoms with Gasteiger partial charge in [0, 0.05) is 5.56 Å². The van der Waals surface area contributed by atoms with Gasteiger partial charge in [0.05, 0.1) is 12.3 Å². The molecule has 0 unspecified atom stereocenters. The lowest BCUT2D eigenvalue weighted by Gasteiger charge is -2.11. The zero-order valence-corrected chi connectivity index (χ0v) is 7.52. The van der Waals surface area contributed by atoms with Crippen molar-refractivity contribution < 1.29 is 31.4 Å². The van der Waals surface area contributed by atoms with Crippen LogP contribution in [0.2, 0.25) is 0 Å². The molecule has 0 spiro atoms. The number of halogens is 6. The van der Waals surface area contributed by atoms with E-state index < -0.39 is 42.0 Å². The van der Waals surface area contributed by atoms with E-state index in [0.29, 0.717) is 0 Å². The van der Waals surface area contributed by atoms with Crippen LogP contribution in [0, 0.1) is 5.82 Å². The maximum atomic E-state index is 12.8. The lowest BCUT2D eigenvalue weighted by atomic mass is 10.1. The van der Waals surface area contributed by atoms with Crippen molar-refractivity contribution in [2.24, 2.45) is 0 Å². The molecule has 0 saturated carbocycles. The standard InChI is InChI=1S/C8H5F6NO/c9-4-1-3(7(10)11)5(2-16)15-6(4)8(12,13)14/h1,7,16H,2H2. The smallest absolute Gasteiger partial charge is 0.390 e. The van der Waals surface area contributed by atoms with Gasteiger partial charge in [-0.15, -0.1) is 0 Å². The third-order valence-electron chi connectivity index (χ3n) is 1.74. The lowest BCUT2D eigenvalue weighted by molar-refractivity contribution is -0.144. The van der Waals surface area contributed by atoms with Crippen molar-refractivity contribution in [1.29, 1.82) is 0 Å². The topological polar surface area (TPSA) is 33.1 Å². The van der Waals surface area contributed by atoms with Gasteiger partial charge >= 0.3 is 6.18 Å². The Labute approximate surface area is 85.5 Å². The van der Waals surface area contributed by atoms with Crippen LogP contribution >= 0.6 is 0 Å². The molecule has 1 aromatic rings. The maximum absolute atomic E-state index is 12.8. The van der Waals surface area contributed by atoms with Crippen molar-refractivity contribution in [2.75, 3.05) is 0 Å². The molecular weight excluding hydrogens is 240 g/mol. The van der Waals surface area contributed by atoms with Gasteiger partial charge in [-0.05, 0) is 6.07 Å². The predicted molar refractivity (Wildman–Crippen MR) is 40.1 cm³/mol. The minimum Gasteiger partial charge on any atom is -0.390 e. The number of alkyl halides is 5. The quantitative estimate of drug-likeness (QED) is 0.812. The van der Waals surface area contributed by atoms with Crippen molar-refractivity contribution in [2.45, 2.75) is 19.2 Å². The Morgan fingerprint density at radius 1 is 1.31 bits per heavy atom. The average molecular weight is 245 g/mol. The van der Waals surface area contributed by atoms with E-state index in [-0.39, 0.29) is 6.07 Å². The molecule has 0 amide bonds. The summed E-state index contributed by atoms with van der Waals surface area (Å²) in [4.78, 5) is 2.65. The molecular formula is C8H5F6NO. The van der Waals surface area contributed by atoms with Crippen LogP contribution in [0.25, 0.3) is 0 Å². The first-order valence-electron chi connectivity index (χ1n) is 3.93. The molecule has 1 aromatic heterocycles. The number of hydrogen-bond acceptors (Lipinski definition) is 2. The van der Waals surface area contributed by atoms with Gasteiger partial charge < -0.3 is 5.11 Å². The molecule has 0 atom stereocenters. The summed E-state index contributed by atoms with van der Waals surface area (Å²) < 4.78 is 73.7. The van der Waals surface area contributed by atoms with Crippen molar-refractivity contribution >= 4 is 0 Å². The highest BCUT2D eigenvalue weighted by atomic mass is 19.4. The summed E-state index contributed by atoms with van der Waals surface area (Å²) in [5.74, 6) is -1.89. The van der Waals surface area contributed by atoms with Gasteiger partial charge in [0.2, 0.25) is 0 Å². The minimum absolute atomic E-state index is 0.0338. The van der Waals surface area contributed by atoms with Crippen molar-refractivity contribution in [3.05, 3.63) is 28.8 Å². The van der Waals surface area contributed by atoms with Crippen LogP contribution in [0.15, 0.2) is 6.07 Å². The fourth-order valence-corrected chi connectivity index (χ4v) is 1.06. The molecule has 0 saturated heterocycles. The number of hydrogen-bond donors (Lipinski definition) is 1. The van der Waals surface area contributed by atoms with E-state index in [9.17, 15) is 26.3 Å². The Morgan fingerprint density at radius 2 is 1.88 bits per heavy atom. The summed E-state index contributed by atoms with van der Waals surface area (Å²) >= 11 is 0. The normalized spacial score (nSPS) is 12.2. The molecule has 8 heteroatoms. The lowest BCUT2D eigenvalue weighted by Crippen LogP contribution is -2.14. The van der Waals surface area contributed by atoms with Crippen LogP contribution in [-0.2, 0) is 12.8 Å². The highest BCUT2D eigenvalue weighted by molar-refractivity contribution is 5.26. The summed E-state index contributed by atoms with van der Waals surface area (Å²) in [5, 5.41) is 8.56. The molecule has 0 fully saturated rings. The molecule has 0 radical (unpaired) electrons. The predicted octanol–water partition coefficient (Wildman–Crippen LogP) is 2.67. The highest BCUT2D eigenvalue weighted by Gasteiger charge is 2.37.